The maximum atomic E-state index is 13.3. The standard InChI is InChI=1S/C18H22FNO/c1-3-14-11-15(7-8-18(14)21-2)16(12-20)9-13-5-4-6-17(19)10-13/h4-8,10-11,16H,3,9,12,20H2,1-2H3. The van der Waals surface area contributed by atoms with Crippen LogP contribution in [0, 0.1) is 5.82 Å². The van der Waals surface area contributed by atoms with E-state index in [4.69, 9.17) is 10.5 Å². The van der Waals surface area contributed by atoms with Crippen molar-refractivity contribution < 1.29 is 9.13 Å². The predicted octanol–water partition coefficient (Wildman–Crippen LogP) is 3.68. The summed E-state index contributed by atoms with van der Waals surface area (Å²) in [5.41, 5.74) is 9.25. The fourth-order valence-corrected chi connectivity index (χ4v) is 2.61. The molecule has 0 radical (unpaired) electrons. The highest BCUT2D eigenvalue weighted by Crippen LogP contribution is 2.26. The average Bonchev–Trinajstić information content (AvgIpc) is 2.52. The Balaban J connectivity index is 2.25. The van der Waals surface area contributed by atoms with E-state index in [1.807, 2.05) is 12.1 Å². The highest BCUT2D eigenvalue weighted by atomic mass is 19.1. The number of rotatable bonds is 6. The molecule has 0 amide bonds. The minimum absolute atomic E-state index is 0.183. The van der Waals surface area contributed by atoms with E-state index in [-0.39, 0.29) is 11.7 Å². The number of methoxy groups -OCH3 is 1. The fraction of sp³-hybridized carbons (Fsp3) is 0.333. The molecule has 0 fully saturated rings. The lowest BCUT2D eigenvalue weighted by Gasteiger charge is -2.18. The Bertz CT molecular complexity index is 598. The lowest BCUT2D eigenvalue weighted by molar-refractivity contribution is 0.410. The maximum Gasteiger partial charge on any atom is 0.123 e. The second-order valence-corrected chi connectivity index (χ2v) is 5.19. The minimum atomic E-state index is -0.202. The third-order valence-corrected chi connectivity index (χ3v) is 3.81. The first-order valence-electron chi connectivity index (χ1n) is 7.29. The maximum absolute atomic E-state index is 13.3. The van der Waals surface area contributed by atoms with E-state index in [1.165, 1.54) is 17.2 Å². The van der Waals surface area contributed by atoms with Gasteiger partial charge < -0.3 is 10.5 Å². The number of hydrogen-bond acceptors (Lipinski definition) is 2. The lowest BCUT2D eigenvalue weighted by atomic mass is 9.90. The van der Waals surface area contributed by atoms with Crippen molar-refractivity contribution in [2.45, 2.75) is 25.7 Å². The van der Waals surface area contributed by atoms with Gasteiger partial charge in [0, 0.05) is 5.92 Å². The summed E-state index contributed by atoms with van der Waals surface area (Å²) in [4.78, 5) is 0. The molecule has 0 aliphatic rings. The molecule has 0 aromatic heterocycles. The molecule has 21 heavy (non-hydrogen) atoms. The lowest BCUT2D eigenvalue weighted by Crippen LogP contribution is -2.15. The molecule has 0 aliphatic heterocycles. The Morgan fingerprint density at radius 1 is 1.19 bits per heavy atom. The van der Waals surface area contributed by atoms with E-state index < -0.39 is 0 Å². The van der Waals surface area contributed by atoms with E-state index in [1.54, 1.807) is 19.2 Å². The van der Waals surface area contributed by atoms with E-state index in [9.17, 15) is 4.39 Å². The van der Waals surface area contributed by atoms with Crippen LogP contribution in [0.4, 0.5) is 4.39 Å². The molecular weight excluding hydrogens is 265 g/mol. The second-order valence-electron chi connectivity index (χ2n) is 5.19. The van der Waals surface area contributed by atoms with Gasteiger partial charge in [-0.05, 0) is 54.3 Å². The Kier molecular flexibility index (Phi) is 5.34. The summed E-state index contributed by atoms with van der Waals surface area (Å²) in [6, 6.07) is 12.9. The quantitative estimate of drug-likeness (QED) is 0.879. The zero-order valence-electron chi connectivity index (χ0n) is 12.6. The van der Waals surface area contributed by atoms with Gasteiger partial charge in [0.2, 0.25) is 0 Å². The van der Waals surface area contributed by atoms with Crippen LogP contribution in [0.2, 0.25) is 0 Å². The van der Waals surface area contributed by atoms with Crippen molar-refractivity contribution in [2.24, 2.45) is 5.73 Å². The predicted molar refractivity (Wildman–Crippen MR) is 84.3 cm³/mol. The van der Waals surface area contributed by atoms with Crippen LogP contribution in [0.1, 0.15) is 29.5 Å². The highest BCUT2D eigenvalue weighted by molar-refractivity contribution is 5.39. The van der Waals surface area contributed by atoms with Crippen LogP contribution in [-0.4, -0.2) is 13.7 Å². The summed E-state index contributed by atoms with van der Waals surface area (Å²) in [7, 11) is 1.68. The van der Waals surface area contributed by atoms with E-state index in [0.29, 0.717) is 6.54 Å². The molecular formula is C18H22FNO. The van der Waals surface area contributed by atoms with Crippen molar-refractivity contribution in [2.75, 3.05) is 13.7 Å². The second kappa shape index (κ2) is 7.23. The average molecular weight is 287 g/mol. The first-order valence-corrected chi connectivity index (χ1v) is 7.29. The summed E-state index contributed by atoms with van der Waals surface area (Å²) < 4.78 is 18.7. The van der Waals surface area contributed by atoms with Crippen molar-refractivity contribution in [1.82, 2.24) is 0 Å². The smallest absolute Gasteiger partial charge is 0.123 e. The molecule has 112 valence electrons. The molecule has 2 aromatic carbocycles. The molecule has 0 bridgehead atoms. The molecule has 3 heteroatoms. The van der Waals surface area contributed by atoms with E-state index >= 15 is 0 Å². The van der Waals surface area contributed by atoms with Crippen molar-refractivity contribution in [1.29, 1.82) is 0 Å². The summed E-state index contributed by atoms with van der Waals surface area (Å²) in [6.45, 7) is 2.64. The first kappa shape index (κ1) is 15.5. The zero-order valence-corrected chi connectivity index (χ0v) is 12.6. The molecule has 0 saturated carbocycles. The van der Waals surface area contributed by atoms with Crippen molar-refractivity contribution >= 4 is 0 Å². The van der Waals surface area contributed by atoms with E-state index in [2.05, 4.69) is 19.1 Å². The number of aryl methyl sites for hydroxylation is 1. The summed E-state index contributed by atoms with van der Waals surface area (Å²) in [6.07, 6.45) is 1.65. The van der Waals surface area contributed by atoms with Crippen LogP contribution in [0.3, 0.4) is 0 Å². The number of hydrogen-bond donors (Lipinski definition) is 1. The Morgan fingerprint density at radius 2 is 2.00 bits per heavy atom. The van der Waals surface area contributed by atoms with Gasteiger partial charge in [0.25, 0.3) is 0 Å². The molecule has 1 unspecified atom stereocenters. The summed E-state index contributed by atoms with van der Waals surface area (Å²) in [5.74, 6) is 0.887. The first-order chi connectivity index (χ1) is 10.2. The summed E-state index contributed by atoms with van der Waals surface area (Å²) >= 11 is 0. The van der Waals surface area contributed by atoms with Crippen LogP contribution >= 0.6 is 0 Å². The molecule has 0 heterocycles. The van der Waals surface area contributed by atoms with Gasteiger partial charge in [-0.2, -0.15) is 0 Å². The van der Waals surface area contributed by atoms with Gasteiger partial charge in [-0.15, -0.1) is 0 Å². The zero-order chi connectivity index (χ0) is 15.2. The SMILES string of the molecule is CCc1cc(C(CN)Cc2cccc(F)c2)ccc1OC. The van der Waals surface area contributed by atoms with Gasteiger partial charge in [0.1, 0.15) is 11.6 Å². The Hall–Kier alpha value is -1.87. The molecule has 0 saturated heterocycles. The van der Waals surface area contributed by atoms with Gasteiger partial charge in [-0.1, -0.05) is 31.2 Å². The molecule has 2 nitrogen and oxygen atoms in total. The minimum Gasteiger partial charge on any atom is -0.496 e. The molecule has 2 N–H and O–H groups in total. The number of ether oxygens (including phenoxy) is 1. The third kappa shape index (κ3) is 3.82. The van der Waals surface area contributed by atoms with E-state index in [0.717, 1.165) is 24.2 Å². The van der Waals surface area contributed by atoms with Crippen LogP contribution in [0.25, 0.3) is 0 Å². The number of nitrogens with two attached hydrogens (primary N) is 1. The van der Waals surface area contributed by atoms with Gasteiger partial charge in [-0.25, -0.2) is 4.39 Å². The molecule has 2 rings (SSSR count). The van der Waals surface area contributed by atoms with Crippen LogP contribution in [0.5, 0.6) is 5.75 Å². The molecule has 0 spiro atoms. The van der Waals surface area contributed by atoms with Crippen molar-refractivity contribution in [3.63, 3.8) is 0 Å². The van der Waals surface area contributed by atoms with Crippen molar-refractivity contribution in [3.05, 3.63) is 65.0 Å². The number of benzene rings is 2. The Morgan fingerprint density at radius 3 is 2.62 bits per heavy atom. The largest absolute Gasteiger partial charge is 0.496 e. The van der Waals surface area contributed by atoms with Crippen LogP contribution in [-0.2, 0) is 12.8 Å². The fourth-order valence-electron chi connectivity index (χ4n) is 2.61. The van der Waals surface area contributed by atoms with Gasteiger partial charge in [-0.3, -0.25) is 0 Å². The van der Waals surface area contributed by atoms with Gasteiger partial charge in [0.05, 0.1) is 7.11 Å². The normalized spacial score (nSPS) is 12.2. The molecule has 0 aliphatic carbocycles. The molecule has 2 aromatic rings. The van der Waals surface area contributed by atoms with Crippen molar-refractivity contribution in [3.8, 4) is 5.75 Å². The van der Waals surface area contributed by atoms with Crippen LogP contribution in [0.15, 0.2) is 42.5 Å². The number of halogens is 1. The topological polar surface area (TPSA) is 35.2 Å². The van der Waals surface area contributed by atoms with Crippen LogP contribution < -0.4 is 10.5 Å². The summed E-state index contributed by atoms with van der Waals surface area (Å²) in [5, 5.41) is 0. The van der Waals surface area contributed by atoms with Gasteiger partial charge >= 0.3 is 0 Å². The highest BCUT2D eigenvalue weighted by Gasteiger charge is 2.13. The van der Waals surface area contributed by atoms with Gasteiger partial charge in [0.15, 0.2) is 0 Å². The Labute approximate surface area is 125 Å². The monoisotopic (exact) mass is 287 g/mol. The third-order valence-electron chi connectivity index (χ3n) is 3.81. The molecule has 1 atom stereocenters.